The number of nitrogens with one attached hydrogen (secondary N) is 1. The molecule has 24 heavy (non-hydrogen) atoms. The summed E-state index contributed by atoms with van der Waals surface area (Å²) in [5.74, 6) is 0.985. The maximum Gasteiger partial charge on any atom is 0.265 e. The molecule has 0 aromatic heterocycles. The molecular formula is C16H18ClNO5S. The predicted octanol–water partition coefficient (Wildman–Crippen LogP) is 3.48. The van der Waals surface area contributed by atoms with Gasteiger partial charge in [0.25, 0.3) is 10.0 Å². The maximum absolute atomic E-state index is 12.7. The molecule has 0 fully saturated rings. The Morgan fingerprint density at radius 1 is 0.958 bits per heavy atom. The third kappa shape index (κ3) is 3.68. The van der Waals surface area contributed by atoms with Crippen LogP contribution in [0.25, 0.3) is 0 Å². The summed E-state index contributed by atoms with van der Waals surface area (Å²) in [7, 11) is 0.419. The number of halogens is 1. The van der Waals surface area contributed by atoms with Crippen molar-refractivity contribution in [1.82, 2.24) is 0 Å². The van der Waals surface area contributed by atoms with Crippen LogP contribution in [0.1, 0.15) is 5.56 Å². The van der Waals surface area contributed by atoms with Gasteiger partial charge in [-0.15, -0.1) is 0 Å². The van der Waals surface area contributed by atoms with Crippen molar-refractivity contribution in [3.05, 3.63) is 40.9 Å². The summed E-state index contributed by atoms with van der Waals surface area (Å²) in [6.45, 7) is 1.77. The molecule has 0 spiro atoms. The van der Waals surface area contributed by atoms with Gasteiger partial charge in [0.15, 0.2) is 0 Å². The first-order valence-electron chi connectivity index (χ1n) is 6.91. The zero-order valence-electron chi connectivity index (χ0n) is 13.7. The van der Waals surface area contributed by atoms with Crippen molar-refractivity contribution >= 4 is 27.3 Å². The summed E-state index contributed by atoms with van der Waals surface area (Å²) in [4.78, 5) is -0.0135. The van der Waals surface area contributed by atoms with Crippen LogP contribution in [0.3, 0.4) is 0 Å². The van der Waals surface area contributed by atoms with Crippen molar-refractivity contribution in [2.45, 2.75) is 11.8 Å². The Morgan fingerprint density at radius 3 is 2.21 bits per heavy atom. The molecule has 2 rings (SSSR count). The van der Waals surface area contributed by atoms with E-state index in [1.807, 2.05) is 0 Å². The van der Waals surface area contributed by atoms with Gasteiger partial charge in [0.05, 0.1) is 27.0 Å². The van der Waals surface area contributed by atoms with Gasteiger partial charge in [-0.05, 0) is 30.7 Å². The van der Waals surface area contributed by atoms with Gasteiger partial charge in [0, 0.05) is 17.2 Å². The lowest BCUT2D eigenvalue weighted by atomic mass is 10.2. The molecule has 130 valence electrons. The Kier molecular flexibility index (Phi) is 5.46. The minimum Gasteiger partial charge on any atom is -0.497 e. The molecule has 2 aromatic carbocycles. The van der Waals surface area contributed by atoms with Crippen LogP contribution in [0, 0.1) is 6.92 Å². The SMILES string of the molecule is COc1ccc(S(=O)(=O)Nc2cc(C)c(Cl)cc2OC)c(OC)c1. The van der Waals surface area contributed by atoms with E-state index < -0.39 is 10.0 Å². The van der Waals surface area contributed by atoms with E-state index in [1.54, 1.807) is 25.1 Å². The van der Waals surface area contributed by atoms with Crippen molar-refractivity contribution in [2.24, 2.45) is 0 Å². The Bertz CT molecular complexity index is 852. The smallest absolute Gasteiger partial charge is 0.265 e. The topological polar surface area (TPSA) is 73.9 Å². The Morgan fingerprint density at radius 2 is 1.62 bits per heavy atom. The highest BCUT2D eigenvalue weighted by molar-refractivity contribution is 7.92. The van der Waals surface area contributed by atoms with Gasteiger partial charge in [-0.2, -0.15) is 0 Å². The highest BCUT2D eigenvalue weighted by Gasteiger charge is 2.22. The number of benzene rings is 2. The van der Waals surface area contributed by atoms with Gasteiger partial charge < -0.3 is 14.2 Å². The van der Waals surface area contributed by atoms with Crippen LogP contribution < -0.4 is 18.9 Å². The monoisotopic (exact) mass is 371 g/mol. The summed E-state index contributed by atoms with van der Waals surface area (Å²) in [6, 6.07) is 7.62. The Hall–Kier alpha value is -2.12. The molecule has 0 aliphatic carbocycles. The van der Waals surface area contributed by atoms with E-state index in [0.717, 1.165) is 5.56 Å². The van der Waals surface area contributed by atoms with Crippen LogP contribution in [0.15, 0.2) is 35.2 Å². The molecule has 0 radical (unpaired) electrons. The molecular weight excluding hydrogens is 354 g/mol. The number of rotatable bonds is 6. The number of methoxy groups -OCH3 is 3. The lowest BCUT2D eigenvalue weighted by Gasteiger charge is -2.15. The molecule has 0 heterocycles. The molecule has 8 heteroatoms. The average molecular weight is 372 g/mol. The molecule has 2 aromatic rings. The zero-order valence-corrected chi connectivity index (χ0v) is 15.3. The zero-order chi connectivity index (χ0) is 17.9. The molecule has 0 atom stereocenters. The summed E-state index contributed by atoms with van der Waals surface area (Å²) < 4.78 is 43.4. The molecule has 0 amide bonds. The van der Waals surface area contributed by atoms with E-state index in [9.17, 15) is 8.42 Å². The third-order valence-corrected chi connectivity index (χ3v) is 5.20. The minimum absolute atomic E-state index is 0.0135. The first-order valence-corrected chi connectivity index (χ1v) is 8.77. The van der Waals surface area contributed by atoms with E-state index in [2.05, 4.69) is 4.72 Å². The van der Waals surface area contributed by atoms with Crippen molar-refractivity contribution in [3.63, 3.8) is 0 Å². The highest BCUT2D eigenvalue weighted by Crippen LogP contribution is 2.34. The number of anilines is 1. The van der Waals surface area contributed by atoms with Gasteiger partial charge >= 0.3 is 0 Å². The second-order valence-corrected chi connectivity index (χ2v) is 6.98. The molecule has 0 saturated carbocycles. The molecule has 0 saturated heterocycles. The fourth-order valence-corrected chi connectivity index (χ4v) is 3.48. The normalized spacial score (nSPS) is 11.0. The molecule has 0 aliphatic heterocycles. The van der Waals surface area contributed by atoms with Crippen LogP contribution in [-0.4, -0.2) is 29.7 Å². The van der Waals surface area contributed by atoms with E-state index in [-0.39, 0.29) is 16.3 Å². The maximum atomic E-state index is 12.7. The molecule has 0 bridgehead atoms. The molecule has 6 nitrogen and oxygen atoms in total. The largest absolute Gasteiger partial charge is 0.497 e. The summed E-state index contributed by atoms with van der Waals surface area (Å²) in [5, 5.41) is 0.483. The van der Waals surface area contributed by atoms with Crippen LogP contribution in [0.5, 0.6) is 17.2 Å². The van der Waals surface area contributed by atoms with Crippen molar-refractivity contribution < 1.29 is 22.6 Å². The number of hydrogen-bond donors (Lipinski definition) is 1. The van der Waals surface area contributed by atoms with Gasteiger partial charge in [-0.1, -0.05) is 11.6 Å². The van der Waals surface area contributed by atoms with Crippen LogP contribution in [0.4, 0.5) is 5.69 Å². The van der Waals surface area contributed by atoms with Gasteiger partial charge in [-0.3, -0.25) is 4.72 Å². The average Bonchev–Trinajstić information content (AvgIpc) is 2.56. The van der Waals surface area contributed by atoms with Crippen LogP contribution in [0.2, 0.25) is 5.02 Å². The molecule has 1 N–H and O–H groups in total. The number of ether oxygens (including phenoxy) is 3. The second-order valence-electron chi connectivity index (χ2n) is 4.92. The second kappa shape index (κ2) is 7.19. The van der Waals surface area contributed by atoms with Crippen LogP contribution >= 0.6 is 11.6 Å². The van der Waals surface area contributed by atoms with E-state index in [4.69, 9.17) is 25.8 Å². The van der Waals surface area contributed by atoms with E-state index >= 15 is 0 Å². The van der Waals surface area contributed by atoms with Gasteiger partial charge in [-0.25, -0.2) is 8.42 Å². The first kappa shape index (κ1) is 18.2. The fourth-order valence-electron chi connectivity index (χ4n) is 2.11. The standard InChI is InChI=1S/C16H18ClNO5S/c1-10-7-13(14(22-3)9-12(10)17)18-24(19,20)16-6-5-11(21-2)8-15(16)23-4/h5-9,18H,1-4H3. The van der Waals surface area contributed by atoms with Crippen molar-refractivity contribution in [2.75, 3.05) is 26.1 Å². The van der Waals surface area contributed by atoms with Crippen LogP contribution in [-0.2, 0) is 10.0 Å². The minimum atomic E-state index is -3.90. The molecule has 0 unspecified atom stereocenters. The number of aryl methyl sites for hydroxylation is 1. The Labute approximate surface area is 146 Å². The van der Waals surface area contributed by atoms with Gasteiger partial charge in [0.2, 0.25) is 0 Å². The summed E-state index contributed by atoms with van der Waals surface area (Å²) in [5.41, 5.74) is 1.01. The summed E-state index contributed by atoms with van der Waals surface area (Å²) >= 11 is 6.04. The van der Waals surface area contributed by atoms with Gasteiger partial charge in [0.1, 0.15) is 22.1 Å². The third-order valence-electron chi connectivity index (χ3n) is 3.39. The quantitative estimate of drug-likeness (QED) is 0.841. The van der Waals surface area contributed by atoms with Crippen molar-refractivity contribution in [1.29, 1.82) is 0 Å². The summed E-state index contributed by atoms with van der Waals surface area (Å²) in [6.07, 6.45) is 0. The van der Waals surface area contributed by atoms with E-state index in [1.165, 1.54) is 33.5 Å². The highest BCUT2D eigenvalue weighted by atomic mass is 35.5. The number of hydrogen-bond acceptors (Lipinski definition) is 5. The Balaban J connectivity index is 2.48. The van der Waals surface area contributed by atoms with E-state index in [0.29, 0.717) is 16.5 Å². The molecule has 0 aliphatic rings. The lowest BCUT2D eigenvalue weighted by molar-refractivity contribution is 0.386. The van der Waals surface area contributed by atoms with Crippen molar-refractivity contribution in [3.8, 4) is 17.2 Å². The number of sulfonamides is 1. The first-order chi connectivity index (χ1) is 11.3. The predicted molar refractivity (Wildman–Crippen MR) is 93.1 cm³/mol. The fraction of sp³-hybridized carbons (Fsp3) is 0.250. The lowest BCUT2D eigenvalue weighted by Crippen LogP contribution is -2.15.